The molecule has 2 heterocycles. The quantitative estimate of drug-likeness (QED) is 0.225. The van der Waals surface area contributed by atoms with Gasteiger partial charge >= 0.3 is 6.18 Å². The van der Waals surface area contributed by atoms with E-state index >= 15 is 0 Å². The summed E-state index contributed by atoms with van der Waals surface area (Å²) in [6.07, 6.45) is -6.24. The molecular formula is C29H27F5N4O2. The topological polar surface area (TPSA) is 76.0 Å². The van der Waals surface area contributed by atoms with Crippen molar-refractivity contribution in [2.75, 3.05) is 5.32 Å². The van der Waals surface area contributed by atoms with E-state index in [9.17, 15) is 31.5 Å². The summed E-state index contributed by atoms with van der Waals surface area (Å²) < 4.78 is 68.2. The number of carbonyl (C=O) groups is 2. The van der Waals surface area contributed by atoms with Gasteiger partial charge in [-0.15, -0.1) is 0 Å². The molecule has 40 heavy (non-hydrogen) atoms. The minimum atomic E-state index is -4.44. The first-order chi connectivity index (χ1) is 18.9. The Bertz CT molecular complexity index is 1540. The van der Waals surface area contributed by atoms with Crippen LogP contribution in [0.15, 0.2) is 60.8 Å². The molecule has 2 amide bonds. The first-order valence-electron chi connectivity index (χ1n) is 12.6. The summed E-state index contributed by atoms with van der Waals surface area (Å²) in [5.41, 5.74) is 1.05. The Balaban J connectivity index is 1.62. The summed E-state index contributed by atoms with van der Waals surface area (Å²) in [5.74, 6) is -1.29. The van der Waals surface area contributed by atoms with E-state index < -0.39 is 29.8 Å². The molecule has 2 aromatic carbocycles. The zero-order valence-corrected chi connectivity index (χ0v) is 21.9. The minimum absolute atomic E-state index is 0.0248. The first-order valence-corrected chi connectivity index (χ1v) is 12.6. The maximum absolute atomic E-state index is 13.6. The Kier molecular flexibility index (Phi) is 8.22. The molecule has 2 N–H and O–H groups in total. The second-order valence-corrected chi connectivity index (χ2v) is 9.53. The number of pyridine rings is 1. The molecule has 210 valence electrons. The Morgan fingerprint density at radius 3 is 2.30 bits per heavy atom. The molecule has 11 heteroatoms. The maximum Gasteiger partial charge on any atom is 0.416 e. The van der Waals surface area contributed by atoms with Crippen molar-refractivity contribution in [3.63, 3.8) is 0 Å². The van der Waals surface area contributed by atoms with E-state index in [2.05, 4.69) is 15.6 Å². The molecule has 4 aromatic rings. The van der Waals surface area contributed by atoms with Crippen molar-refractivity contribution < 1.29 is 31.5 Å². The van der Waals surface area contributed by atoms with Gasteiger partial charge in [-0.05, 0) is 60.5 Å². The van der Waals surface area contributed by atoms with Gasteiger partial charge in [-0.3, -0.25) is 14.6 Å². The van der Waals surface area contributed by atoms with Crippen LogP contribution >= 0.6 is 0 Å². The molecule has 0 saturated heterocycles. The van der Waals surface area contributed by atoms with E-state index in [1.807, 2.05) is 11.5 Å². The van der Waals surface area contributed by atoms with E-state index in [4.69, 9.17) is 0 Å². The highest BCUT2D eigenvalue weighted by molar-refractivity contribution is 6.06. The van der Waals surface area contributed by atoms with Crippen LogP contribution in [0.25, 0.3) is 22.2 Å². The van der Waals surface area contributed by atoms with Crippen LogP contribution in [0, 0.1) is 5.92 Å². The highest BCUT2D eigenvalue weighted by Gasteiger charge is 2.30. The van der Waals surface area contributed by atoms with Crippen LogP contribution < -0.4 is 10.6 Å². The molecule has 0 radical (unpaired) electrons. The van der Waals surface area contributed by atoms with E-state index in [1.54, 1.807) is 38.1 Å². The SMILES string of the molecule is CCn1c(-c2ccc(C(F)(F)F)cc2)cc2cc(NC(=O)c3cc(CNC(=O)C(C)C)cnc3C(F)F)ccc21. The number of hydrogen-bond donors (Lipinski definition) is 2. The van der Waals surface area contributed by atoms with E-state index in [0.29, 0.717) is 34.4 Å². The van der Waals surface area contributed by atoms with E-state index in [0.717, 1.165) is 17.6 Å². The smallest absolute Gasteiger partial charge is 0.352 e. The predicted molar refractivity (Wildman–Crippen MR) is 142 cm³/mol. The highest BCUT2D eigenvalue weighted by Crippen LogP contribution is 2.34. The number of nitrogens with zero attached hydrogens (tertiary/aromatic N) is 2. The molecule has 0 aliphatic heterocycles. The number of carbonyl (C=O) groups excluding carboxylic acids is 2. The molecule has 4 rings (SSSR count). The summed E-state index contributed by atoms with van der Waals surface area (Å²) in [6.45, 7) is 5.89. The number of anilines is 1. The average molecular weight is 559 g/mol. The molecule has 0 atom stereocenters. The Morgan fingerprint density at radius 2 is 1.70 bits per heavy atom. The summed E-state index contributed by atoms with van der Waals surface area (Å²) in [5, 5.41) is 6.00. The van der Waals surface area contributed by atoms with Crippen molar-refractivity contribution in [3.05, 3.63) is 83.2 Å². The lowest BCUT2D eigenvalue weighted by Crippen LogP contribution is -2.27. The molecule has 0 bridgehead atoms. The molecular weight excluding hydrogens is 531 g/mol. The molecule has 0 saturated carbocycles. The van der Waals surface area contributed by atoms with Crippen LogP contribution in [0.4, 0.5) is 27.6 Å². The molecule has 0 aliphatic carbocycles. The Labute approximate surface area is 227 Å². The summed E-state index contributed by atoms with van der Waals surface area (Å²) >= 11 is 0. The normalized spacial score (nSPS) is 11.8. The largest absolute Gasteiger partial charge is 0.416 e. The van der Waals surface area contributed by atoms with Gasteiger partial charge in [0.15, 0.2) is 0 Å². The van der Waals surface area contributed by atoms with Gasteiger partial charge in [-0.2, -0.15) is 13.2 Å². The van der Waals surface area contributed by atoms with E-state index in [-0.39, 0.29) is 23.9 Å². The fraction of sp³-hybridized carbons (Fsp3) is 0.276. The Hall–Kier alpha value is -4.28. The molecule has 6 nitrogen and oxygen atoms in total. The number of benzene rings is 2. The van der Waals surface area contributed by atoms with Gasteiger partial charge in [0.2, 0.25) is 5.91 Å². The first kappa shape index (κ1) is 28.7. The maximum atomic E-state index is 13.6. The third kappa shape index (κ3) is 6.13. The van der Waals surface area contributed by atoms with Gasteiger partial charge in [0.05, 0.1) is 11.1 Å². The third-order valence-corrected chi connectivity index (χ3v) is 6.40. The summed E-state index contributed by atoms with van der Waals surface area (Å²) in [4.78, 5) is 28.7. The fourth-order valence-corrected chi connectivity index (χ4v) is 4.32. The lowest BCUT2D eigenvalue weighted by molar-refractivity contribution is -0.137. The molecule has 2 aromatic heterocycles. The fourth-order valence-electron chi connectivity index (χ4n) is 4.32. The van der Waals surface area contributed by atoms with Gasteiger partial charge in [0, 0.05) is 47.5 Å². The highest BCUT2D eigenvalue weighted by atomic mass is 19.4. The van der Waals surface area contributed by atoms with Crippen LogP contribution in [0.2, 0.25) is 0 Å². The molecule has 0 spiro atoms. The zero-order chi connectivity index (χ0) is 29.2. The monoisotopic (exact) mass is 558 g/mol. The molecule has 0 fully saturated rings. The number of aryl methyl sites for hydroxylation is 1. The predicted octanol–water partition coefficient (Wildman–Crippen LogP) is 7.20. The van der Waals surface area contributed by atoms with Crippen molar-refractivity contribution in [2.24, 2.45) is 5.92 Å². The van der Waals surface area contributed by atoms with Gasteiger partial charge < -0.3 is 15.2 Å². The van der Waals surface area contributed by atoms with Crippen molar-refractivity contribution in [1.82, 2.24) is 14.9 Å². The number of alkyl halides is 5. The van der Waals surface area contributed by atoms with Crippen molar-refractivity contribution in [1.29, 1.82) is 0 Å². The zero-order valence-electron chi connectivity index (χ0n) is 21.9. The number of nitrogens with one attached hydrogen (secondary N) is 2. The summed E-state index contributed by atoms with van der Waals surface area (Å²) in [7, 11) is 0. The van der Waals surface area contributed by atoms with Crippen molar-refractivity contribution >= 4 is 28.4 Å². The second kappa shape index (κ2) is 11.4. The van der Waals surface area contributed by atoms with Crippen LogP contribution in [-0.2, 0) is 24.1 Å². The van der Waals surface area contributed by atoms with Gasteiger partial charge in [0.1, 0.15) is 5.69 Å². The average Bonchev–Trinajstić information content (AvgIpc) is 3.28. The number of halogens is 5. The number of rotatable bonds is 8. The van der Waals surface area contributed by atoms with Gasteiger partial charge in [0.25, 0.3) is 12.3 Å². The van der Waals surface area contributed by atoms with Crippen molar-refractivity contribution in [2.45, 2.75) is 46.5 Å². The van der Waals surface area contributed by atoms with Crippen molar-refractivity contribution in [3.8, 4) is 11.3 Å². The lowest BCUT2D eigenvalue weighted by Gasteiger charge is -2.13. The lowest BCUT2D eigenvalue weighted by atomic mass is 10.1. The Morgan fingerprint density at radius 1 is 1.00 bits per heavy atom. The van der Waals surface area contributed by atoms with Crippen LogP contribution in [0.5, 0.6) is 0 Å². The summed E-state index contributed by atoms with van der Waals surface area (Å²) in [6, 6.07) is 12.9. The standard InChI is InChI=1S/C29H27F5N4O2/c1-4-38-23-10-9-21(12-19(23)13-24(38)18-5-7-20(8-6-18)29(32,33)34)37-28(40)22-11-17(14-35-25(22)26(30)31)15-36-27(39)16(2)3/h5-14,16,26H,4,15H2,1-3H3,(H,36,39)(H,37,40). The van der Waals surface area contributed by atoms with Crippen LogP contribution in [-0.4, -0.2) is 21.4 Å². The molecule has 0 aliphatic rings. The van der Waals surface area contributed by atoms with Gasteiger partial charge in [-0.25, -0.2) is 8.78 Å². The molecule has 0 unspecified atom stereocenters. The second-order valence-electron chi connectivity index (χ2n) is 9.53. The number of fused-ring (bicyclic) bond motifs is 1. The number of amides is 2. The number of hydrogen-bond acceptors (Lipinski definition) is 3. The number of aromatic nitrogens is 2. The van der Waals surface area contributed by atoms with Crippen LogP contribution in [0.1, 0.15) is 54.4 Å². The minimum Gasteiger partial charge on any atom is -0.352 e. The third-order valence-electron chi connectivity index (χ3n) is 6.40. The van der Waals surface area contributed by atoms with Crippen LogP contribution in [0.3, 0.4) is 0 Å². The van der Waals surface area contributed by atoms with Gasteiger partial charge in [-0.1, -0.05) is 26.0 Å². The van der Waals surface area contributed by atoms with E-state index in [1.165, 1.54) is 24.4 Å².